The molecular weight excluding hydrogens is 471 g/mol. The van der Waals surface area contributed by atoms with Gasteiger partial charge in [-0.3, -0.25) is 4.99 Å². The number of benzene rings is 1. The molecule has 1 aromatic carbocycles. The highest BCUT2D eigenvalue weighted by Crippen LogP contribution is 2.10. The monoisotopic (exact) mass is 496 g/mol. The van der Waals surface area contributed by atoms with Crippen molar-refractivity contribution in [3.05, 3.63) is 64.4 Å². The van der Waals surface area contributed by atoms with Gasteiger partial charge in [-0.15, -0.1) is 35.3 Å². The maximum absolute atomic E-state index is 4.51. The molecule has 0 fully saturated rings. The van der Waals surface area contributed by atoms with Gasteiger partial charge in [0.2, 0.25) is 0 Å². The Hall–Kier alpha value is -1.94. The molecule has 0 amide bonds. The molecular formula is C19H25IN6S. The Morgan fingerprint density at radius 1 is 1.30 bits per heavy atom. The van der Waals surface area contributed by atoms with Gasteiger partial charge in [0, 0.05) is 32.2 Å². The van der Waals surface area contributed by atoms with Crippen molar-refractivity contribution < 1.29 is 0 Å². The number of nitrogens with zero attached hydrogens (tertiary/aromatic N) is 5. The summed E-state index contributed by atoms with van der Waals surface area (Å²) >= 11 is 1.67. The molecule has 27 heavy (non-hydrogen) atoms. The Morgan fingerprint density at radius 2 is 2.07 bits per heavy atom. The molecule has 0 aliphatic heterocycles. The molecule has 0 aliphatic carbocycles. The molecule has 1 N–H and O–H groups in total. The van der Waals surface area contributed by atoms with Crippen molar-refractivity contribution >= 4 is 41.3 Å². The van der Waals surface area contributed by atoms with Crippen LogP contribution in [0.5, 0.6) is 0 Å². The van der Waals surface area contributed by atoms with Crippen LogP contribution < -0.4 is 5.32 Å². The molecule has 0 aliphatic rings. The van der Waals surface area contributed by atoms with Gasteiger partial charge < -0.3 is 10.2 Å². The molecule has 0 bridgehead atoms. The number of nitrogens with one attached hydrogen (secondary N) is 1. The quantitative estimate of drug-likeness (QED) is 0.323. The summed E-state index contributed by atoms with van der Waals surface area (Å²) in [5.41, 5.74) is 3.33. The number of aliphatic imine (C=N–C) groups is 1. The number of para-hydroxylation sites is 1. The van der Waals surface area contributed by atoms with E-state index in [1.807, 2.05) is 55.2 Å². The van der Waals surface area contributed by atoms with Crippen LogP contribution >= 0.6 is 35.3 Å². The van der Waals surface area contributed by atoms with Crippen LogP contribution in [0.3, 0.4) is 0 Å². The summed E-state index contributed by atoms with van der Waals surface area (Å²) in [7, 11) is 3.83. The van der Waals surface area contributed by atoms with Crippen LogP contribution in [0.1, 0.15) is 16.3 Å². The predicted molar refractivity (Wildman–Crippen MR) is 122 cm³/mol. The fraction of sp³-hybridized carbons (Fsp3) is 0.316. The lowest BCUT2D eigenvalue weighted by Gasteiger charge is -2.21. The zero-order valence-corrected chi connectivity index (χ0v) is 18.9. The van der Waals surface area contributed by atoms with E-state index in [9.17, 15) is 0 Å². The number of halogens is 1. The Balaban J connectivity index is 0.00000261. The number of hydrogen-bond acceptors (Lipinski definition) is 4. The molecule has 0 unspecified atom stereocenters. The van der Waals surface area contributed by atoms with Gasteiger partial charge >= 0.3 is 0 Å². The molecule has 3 aromatic rings. The van der Waals surface area contributed by atoms with E-state index in [2.05, 4.69) is 36.9 Å². The minimum Gasteiger partial charge on any atom is -0.356 e. The van der Waals surface area contributed by atoms with E-state index < -0.39 is 0 Å². The standard InChI is InChI=1S/C19H24N6S.HI/c1-15-23-17(14-26-15)13-24(3)19(20-2)21-10-9-16-11-22-25(12-16)18-7-5-4-6-8-18;/h4-8,11-12,14H,9-10,13H2,1-3H3,(H,20,21);1H. The van der Waals surface area contributed by atoms with Crippen molar-refractivity contribution in [1.82, 2.24) is 25.0 Å². The molecule has 144 valence electrons. The highest BCUT2D eigenvalue weighted by molar-refractivity contribution is 14.0. The highest BCUT2D eigenvalue weighted by Gasteiger charge is 2.09. The van der Waals surface area contributed by atoms with Crippen LogP contribution in [0.4, 0.5) is 0 Å². The van der Waals surface area contributed by atoms with E-state index in [0.29, 0.717) is 0 Å². The summed E-state index contributed by atoms with van der Waals surface area (Å²) in [6.45, 7) is 3.57. The molecule has 0 spiro atoms. The first-order valence-corrected chi connectivity index (χ1v) is 9.45. The zero-order valence-electron chi connectivity index (χ0n) is 15.8. The van der Waals surface area contributed by atoms with Gasteiger partial charge in [0.25, 0.3) is 0 Å². The molecule has 2 aromatic heterocycles. The maximum atomic E-state index is 4.51. The summed E-state index contributed by atoms with van der Waals surface area (Å²) in [6.07, 6.45) is 4.87. The molecule has 0 saturated heterocycles. The fourth-order valence-corrected chi connectivity index (χ4v) is 3.32. The predicted octanol–water partition coefficient (Wildman–Crippen LogP) is 3.51. The average Bonchev–Trinajstić information content (AvgIpc) is 3.28. The topological polar surface area (TPSA) is 58.3 Å². The molecule has 0 saturated carbocycles. The second kappa shape index (κ2) is 10.4. The summed E-state index contributed by atoms with van der Waals surface area (Å²) in [4.78, 5) is 11.0. The Morgan fingerprint density at radius 3 is 2.74 bits per heavy atom. The van der Waals surface area contributed by atoms with Crippen molar-refractivity contribution in [3.63, 3.8) is 0 Å². The van der Waals surface area contributed by atoms with Crippen LogP contribution in [-0.2, 0) is 13.0 Å². The lowest BCUT2D eigenvalue weighted by Crippen LogP contribution is -2.39. The number of thiazole rings is 1. The van der Waals surface area contributed by atoms with Crippen LogP contribution in [-0.4, -0.2) is 46.3 Å². The van der Waals surface area contributed by atoms with E-state index in [1.165, 1.54) is 5.56 Å². The first-order valence-electron chi connectivity index (χ1n) is 8.57. The third-order valence-electron chi connectivity index (χ3n) is 3.99. The number of hydrogen-bond donors (Lipinski definition) is 1. The summed E-state index contributed by atoms with van der Waals surface area (Å²) in [5.74, 6) is 0.867. The lowest BCUT2D eigenvalue weighted by atomic mass is 10.2. The van der Waals surface area contributed by atoms with Crippen molar-refractivity contribution in [2.75, 3.05) is 20.6 Å². The molecule has 3 rings (SSSR count). The van der Waals surface area contributed by atoms with E-state index in [0.717, 1.165) is 41.9 Å². The normalized spacial score (nSPS) is 11.1. The first kappa shape index (κ1) is 21.4. The summed E-state index contributed by atoms with van der Waals surface area (Å²) in [6, 6.07) is 10.1. The van der Waals surface area contributed by atoms with Crippen molar-refractivity contribution in [3.8, 4) is 5.69 Å². The second-order valence-corrected chi connectivity index (χ2v) is 7.13. The van der Waals surface area contributed by atoms with Crippen LogP contribution in [0.25, 0.3) is 5.69 Å². The molecule has 2 heterocycles. The van der Waals surface area contributed by atoms with Crippen LogP contribution in [0.15, 0.2) is 53.1 Å². The largest absolute Gasteiger partial charge is 0.356 e. The van der Waals surface area contributed by atoms with E-state index >= 15 is 0 Å². The van der Waals surface area contributed by atoms with Crippen molar-refractivity contribution in [1.29, 1.82) is 0 Å². The van der Waals surface area contributed by atoms with Gasteiger partial charge in [-0.2, -0.15) is 5.10 Å². The van der Waals surface area contributed by atoms with E-state index in [4.69, 9.17) is 0 Å². The Kier molecular flexibility index (Phi) is 8.23. The molecule has 0 radical (unpaired) electrons. The first-order chi connectivity index (χ1) is 12.7. The van der Waals surface area contributed by atoms with Crippen molar-refractivity contribution in [2.45, 2.75) is 19.9 Å². The number of guanidine groups is 1. The second-order valence-electron chi connectivity index (χ2n) is 6.07. The van der Waals surface area contributed by atoms with Gasteiger partial charge in [0.05, 0.1) is 29.1 Å². The minimum atomic E-state index is 0. The Bertz CT molecular complexity index is 858. The van der Waals surface area contributed by atoms with Crippen molar-refractivity contribution in [2.24, 2.45) is 4.99 Å². The third kappa shape index (κ3) is 6.03. The summed E-state index contributed by atoms with van der Waals surface area (Å²) in [5, 5.41) is 11.0. The zero-order chi connectivity index (χ0) is 18.4. The number of rotatable bonds is 6. The van der Waals surface area contributed by atoms with Crippen LogP contribution in [0, 0.1) is 6.92 Å². The molecule has 8 heteroatoms. The van der Waals surface area contributed by atoms with Gasteiger partial charge in [-0.25, -0.2) is 9.67 Å². The number of aryl methyl sites for hydroxylation is 1. The van der Waals surface area contributed by atoms with Gasteiger partial charge in [-0.1, -0.05) is 18.2 Å². The average molecular weight is 496 g/mol. The summed E-state index contributed by atoms with van der Waals surface area (Å²) < 4.78 is 1.90. The maximum Gasteiger partial charge on any atom is 0.193 e. The lowest BCUT2D eigenvalue weighted by molar-refractivity contribution is 0.471. The van der Waals surface area contributed by atoms with Gasteiger partial charge in [0.15, 0.2) is 5.96 Å². The smallest absolute Gasteiger partial charge is 0.193 e. The minimum absolute atomic E-state index is 0. The Labute approximate surface area is 181 Å². The molecule has 0 atom stereocenters. The van der Waals surface area contributed by atoms with Gasteiger partial charge in [-0.05, 0) is 31.0 Å². The fourth-order valence-electron chi connectivity index (χ4n) is 2.71. The van der Waals surface area contributed by atoms with Crippen LogP contribution in [0.2, 0.25) is 0 Å². The third-order valence-corrected chi connectivity index (χ3v) is 4.82. The SMILES string of the molecule is CN=C(NCCc1cnn(-c2ccccc2)c1)N(C)Cc1csc(C)n1.I. The van der Waals surface area contributed by atoms with Gasteiger partial charge in [0.1, 0.15) is 0 Å². The van der Waals surface area contributed by atoms with E-state index in [-0.39, 0.29) is 24.0 Å². The number of aromatic nitrogens is 3. The van der Waals surface area contributed by atoms with E-state index in [1.54, 1.807) is 18.4 Å². The highest BCUT2D eigenvalue weighted by atomic mass is 127. The molecule has 6 nitrogen and oxygen atoms in total.